The van der Waals surface area contributed by atoms with Crippen molar-refractivity contribution in [2.45, 2.75) is 82.1 Å². The second kappa shape index (κ2) is 18.7. The summed E-state index contributed by atoms with van der Waals surface area (Å²) in [5, 5.41) is 0.375. The summed E-state index contributed by atoms with van der Waals surface area (Å²) in [5.41, 5.74) is 1.90. The maximum absolute atomic E-state index is 14.0. The number of sulfonamides is 1. The Hall–Kier alpha value is -4.01. The average molecular weight is 848 g/mol. The van der Waals surface area contributed by atoms with Gasteiger partial charge in [-0.2, -0.15) is 13.5 Å². The third-order valence-corrected chi connectivity index (χ3v) is 12.2. The molecule has 6 rings (SSSR count). The number of carbonyl (C=O) groups is 2. The van der Waals surface area contributed by atoms with Gasteiger partial charge in [0.2, 0.25) is 10.0 Å². The molecule has 1 saturated carbocycles. The second-order valence-corrected chi connectivity index (χ2v) is 17.6. The molecule has 15 heteroatoms. The monoisotopic (exact) mass is 846 g/mol. The minimum atomic E-state index is -4.44. The van der Waals surface area contributed by atoms with Gasteiger partial charge in [-0.3, -0.25) is 4.90 Å². The Bertz CT molecular complexity index is 2080. The van der Waals surface area contributed by atoms with Crippen molar-refractivity contribution < 1.29 is 45.7 Å². The van der Waals surface area contributed by atoms with E-state index in [9.17, 15) is 26.8 Å². The first kappa shape index (κ1) is 42.6. The highest BCUT2D eigenvalue weighted by Gasteiger charge is 2.36. The molecule has 5 atom stereocenters. The van der Waals surface area contributed by atoms with Crippen molar-refractivity contribution in [1.82, 2.24) is 9.62 Å². The maximum atomic E-state index is 14.0. The number of allylic oxidation sites excluding steroid dienone is 2. The molecule has 306 valence electrons. The first-order valence-electron chi connectivity index (χ1n) is 18.9. The van der Waals surface area contributed by atoms with Crippen molar-refractivity contribution in [3.8, 4) is 11.5 Å². The van der Waals surface area contributed by atoms with Gasteiger partial charge in [0.25, 0.3) is 0 Å². The topological polar surface area (TPSA) is 120 Å². The van der Waals surface area contributed by atoms with Gasteiger partial charge in [0, 0.05) is 29.6 Å². The van der Waals surface area contributed by atoms with Gasteiger partial charge in [-0.05, 0) is 111 Å². The van der Waals surface area contributed by atoms with E-state index in [1.165, 1.54) is 36.4 Å². The third-order valence-electron chi connectivity index (χ3n) is 10.4. The maximum Gasteiger partial charge on any atom is 0.387 e. The number of benzene rings is 3. The first-order chi connectivity index (χ1) is 27.1. The van der Waals surface area contributed by atoms with Gasteiger partial charge in [-0.25, -0.2) is 18.0 Å². The molecule has 3 aromatic rings. The largest absolute Gasteiger partial charge is 0.489 e. The highest BCUT2D eigenvalue weighted by atomic mass is 35.5. The van der Waals surface area contributed by atoms with E-state index in [0.29, 0.717) is 41.5 Å². The van der Waals surface area contributed by atoms with Crippen LogP contribution < -0.4 is 14.2 Å². The summed E-state index contributed by atoms with van der Waals surface area (Å²) >= 11 is 12.6. The van der Waals surface area contributed by atoms with Crippen LogP contribution >= 0.6 is 23.2 Å². The molecular formula is C42H46Cl2F2N2O8S. The van der Waals surface area contributed by atoms with Crippen molar-refractivity contribution in [1.29, 1.82) is 0 Å². The van der Waals surface area contributed by atoms with E-state index in [1.54, 1.807) is 31.2 Å². The normalized spacial score (nSPS) is 20.9. The van der Waals surface area contributed by atoms with Crippen LogP contribution in [0.25, 0.3) is 0 Å². The molecule has 3 aromatic carbocycles. The molecule has 0 radical (unpaired) electrons. The van der Waals surface area contributed by atoms with E-state index in [2.05, 4.69) is 20.9 Å². The number of nitrogens with zero attached hydrogens (tertiary/aromatic N) is 1. The van der Waals surface area contributed by atoms with Gasteiger partial charge in [-0.15, -0.1) is 0 Å². The summed E-state index contributed by atoms with van der Waals surface area (Å²) in [4.78, 5) is 29.6. The number of hydrogen-bond acceptors (Lipinski definition) is 9. The van der Waals surface area contributed by atoms with E-state index in [-0.39, 0.29) is 51.2 Å². The fourth-order valence-corrected chi connectivity index (χ4v) is 8.83. The number of aryl methyl sites for hydroxylation is 1. The molecule has 0 amide bonds. The number of hydrogen-bond donors (Lipinski definition) is 1. The van der Waals surface area contributed by atoms with Crippen LogP contribution in [0.3, 0.4) is 0 Å². The molecule has 57 heavy (non-hydrogen) atoms. The van der Waals surface area contributed by atoms with Crippen LogP contribution in [-0.2, 0) is 24.3 Å². The summed E-state index contributed by atoms with van der Waals surface area (Å²) in [6.07, 6.45) is 3.21. The number of piperidine rings is 2. The fraction of sp³-hybridized carbons (Fsp3) is 0.429. The van der Waals surface area contributed by atoms with Gasteiger partial charge < -0.3 is 18.9 Å². The predicted molar refractivity (Wildman–Crippen MR) is 212 cm³/mol. The summed E-state index contributed by atoms with van der Waals surface area (Å²) in [5.74, 6) is -1.09. The Morgan fingerprint density at radius 1 is 0.982 bits per heavy atom. The summed E-state index contributed by atoms with van der Waals surface area (Å²) in [6, 6.07) is 14.9. The number of halogens is 4. The number of fused-ring (bicyclic) bond motifs is 2. The predicted octanol–water partition coefficient (Wildman–Crippen LogP) is 8.99. The molecule has 10 nitrogen and oxygen atoms in total. The lowest BCUT2D eigenvalue weighted by Gasteiger charge is -2.41. The van der Waals surface area contributed by atoms with Crippen LogP contribution in [-0.4, -0.2) is 64.2 Å². The zero-order valence-corrected chi connectivity index (χ0v) is 34.1. The van der Waals surface area contributed by atoms with Crippen molar-refractivity contribution in [3.63, 3.8) is 0 Å². The minimum Gasteiger partial charge on any atom is -0.489 e. The number of esters is 2. The highest BCUT2D eigenvalue weighted by molar-refractivity contribution is 7.89. The lowest BCUT2D eigenvalue weighted by Crippen LogP contribution is -2.49. The number of nitrogens with one attached hydrogen (secondary N) is 1. The standard InChI is InChI=1S/C42H46Cl2F2N2O8S/c1-25-9-13-30(14-10-25)39(41(50)54-33-18-29-6-5-17-48(22-29)23-33)47-57(51,52)34-8-4-7-32(19-34)40(49)55-37(21-35(26(2)43)27(3)44)31-15-16-36(56-42(45)46)38(20-31)53-24-28-11-12-28/h4,7-10,13-16,19-20,28-29,33,37,39,42,47H,2,5-6,11-12,17-18,21-24H2,1,3H3/b35-27+/t29?,33-,37+,39?/m1/s1. The van der Waals surface area contributed by atoms with Gasteiger partial charge in [0.05, 0.1) is 17.1 Å². The van der Waals surface area contributed by atoms with E-state index in [0.717, 1.165) is 50.4 Å². The molecule has 3 unspecified atom stereocenters. The Balaban J connectivity index is 1.25. The second-order valence-electron chi connectivity index (χ2n) is 14.9. The van der Waals surface area contributed by atoms with Crippen molar-refractivity contribution in [2.75, 3.05) is 26.2 Å². The fourth-order valence-electron chi connectivity index (χ4n) is 7.16. The zero-order valence-electron chi connectivity index (χ0n) is 31.7. The molecule has 2 aliphatic heterocycles. The molecule has 2 saturated heterocycles. The van der Waals surface area contributed by atoms with Crippen LogP contribution in [0, 0.1) is 18.8 Å². The van der Waals surface area contributed by atoms with Crippen molar-refractivity contribution >= 4 is 45.2 Å². The molecule has 3 aliphatic rings. The number of alkyl halides is 2. The molecule has 1 aliphatic carbocycles. The van der Waals surface area contributed by atoms with Crippen LogP contribution in [0.1, 0.15) is 84.6 Å². The first-order valence-corrected chi connectivity index (χ1v) is 21.1. The van der Waals surface area contributed by atoms with Gasteiger partial charge >= 0.3 is 18.6 Å². The van der Waals surface area contributed by atoms with Crippen LogP contribution in [0.15, 0.2) is 93.8 Å². The highest BCUT2D eigenvalue weighted by Crippen LogP contribution is 2.39. The summed E-state index contributed by atoms with van der Waals surface area (Å²) in [6.45, 7) is 6.91. The van der Waals surface area contributed by atoms with Gasteiger partial charge in [-0.1, -0.05) is 71.7 Å². The zero-order chi connectivity index (χ0) is 40.9. The molecule has 0 aromatic heterocycles. The Kier molecular flexibility index (Phi) is 14.0. The van der Waals surface area contributed by atoms with Crippen molar-refractivity contribution in [3.05, 3.63) is 111 Å². The smallest absolute Gasteiger partial charge is 0.387 e. The van der Waals surface area contributed by atoms with E-state index in [1.807, 2.05) is 6.92 Å². The number of ether oxygens (including phenoxy) is 4. The number of carbonyl (C=O) groups excluding carboxylic acids is 2. The molecule has 0 spiro atoms. The quantitative estimate of drug-likeness (QED) is 0.105. The molecule has 3 fully saturated rings. The van der Waals surface area contributed by atoms with Crippen molar-refractivity contribution in [2.24, 2.45) is 11.8 Å². The summed E-state index contributed by atoms with van der Waals surface area (Å²) in [7, 11) is -4.44. The van der Waals surface area contributed by atoms with Gasteiger partial charge in [0.15, 0.2) is 11.5 Å². The van der Waals surface area contributed by atoms with E-state index >= 15 is 0 Å². The SMILES string of the molecule is C=C(Cl)/C(C[C@H](OC(=O)c1cccc(S(=O)(=O)NC(C(=O)O[C@@H]2CC3CCCN(C3)C2)c2ccc(C)cc2)c1)c1ccc(OC(F)F)c(OCC2CC2)c1)=C(\C)Cl. The lowest BCUT2D eigenvalue weighted by molar-refractivity contribution is -0.156. The Labute approximate surface area is 342 Å². The third kappa shape index (κ3) is 11.6. The molecule has 2 heterocycles. The molecular weight excluding hydrogens is 801 g/mol. The van der Waals surface area contributed by atoms with E-state index < -0.39 is 40.7 Å². The van der Waals surface area contributed by atoms with Gasteiger partial charge in [0.1, 0.15) is 18.2 Å². The Morgan fingerprint density at radius 3 is 2.39 bits per heavy atom. The molecule has 2 bridgehead atoms. The van der Waals surface area contributed by atoms with Crippen LogP contribution in [0.4, 0.5) is 8.78 Å². The lowest BCUT2D eigenvalue weighted by atomic mass is 9.88. The minimum absolute atomic E-state index is 0.0308. The van der Waals surface area contributed by atoms with Crippen LogP contribution in [0.2, 0.25) is 0 Å². The van der Waals surface area contributed by atoms with E-state index in [4.69, 9.17) is 37.4 Å². The molecule has 1 N–H and O–H groups in total. The Morgan fingerprint density at radius 2 is 1.72 bits per heavy atom. The number of rotatable bonds is 17. The summed E-state index contributed by atoms with van der Waals surface area (Å²) < 4.78 is 79.6. The average Bonchev–Trinajstić information content (AvgIpc) is 3.99. The van der Waals surface area contributed by atoms with Crippen LogP contribution in [0.5, 0.6) is 11.5 Å².